The van der Waals surface area contributed by atoms with Crippen molar-refractivity contribution in [2.75, 3.05) is 0 Å². The summed E-state index contributed by atoms with van der Waals surface area (Å²) >= 11 is 3.62. The minimum atomic E-state index is 0.400. The molecule has 1 heterocycles. The van der Waals surface area contributed by atoms with E-state index in [1.165, 1.54) is 23.0 Å². The van der Waals surface area contributed by atoms with Crippen LogP contribution in [-0.4, -0.2) is 15.8 Å². The maximum atomic E-state index is 5.97. The van der Waals surface area contributed by atoms with E-state index in [0.717, 1.165) is 18.7 Å². The first-order valence-electron chi connectivity index (χ1n) is 5.60. The van der Waals surface area contributed by atoms with Crippen molar-refractivity contribution in [1.29, 1.82) is 0 Å². The zero-order valence-electron chi connectivity index (χ0n) is 9.33. The number of halogens is 1. The normalized spacial score (nSPS) is 25.3. The highest BCUT2D eigenvalue weighted by molar-refractivity contribution is 9.10. The van der Waals surface area contributed by atoms with Gasteiger partial charge in [-0.3, -0.25) is 4.68 Å². The summed E-state index contributed by atoms with van der Waals surface area (Å²) < 4.78 is 3.26. The number of hydrogen-bond donors (Lipinski definition) is 1. The third-order valence-corrected chi connectivity index (χ3v) is 4.42. The monoisotopic (exact) mass is 271 g/mol. The maximum absolute atomic E-state index is 5.97. The Morgan fingerprint density at radius 3 is 2.73 bits per heavy atom. The minimum absolute atomic E-state index is 0.400. The van der Waals surface area contributed by atoms with Crippen LogP contribution in [0.3, 0.4) is 0 Å². The van der Waals surface area contributed by atoms with Crippen LogP contribution in [0, 0.1) is 12.8 Å². The summed E-state index contributed by atoms with van der Waals surface area (Å²) in [5.74, 6) is 0.655. The number of aryl methyl sites for hydroxylation is 2. The van der Waals surface area contributed by atoms with Gasteiger partial charge in [0.1, 0.15) is 0 Å². The van der Waals surface area contributed by atoms with Gasteiger partial charge in [0.15, 0.2) is 0 Å². The number of nitrogens with two attached hydrogens (primary N) is 1. The predicted octanol–water partition coefficient (Wildman–Crippen LogP) is 2.25. The molecular formula is C11H18BrN3. The van der Waals surface area contributed by atoms with Gasteiger partial charge in [0.2, 0.25) is 0 Å². The van der Waals surface area contributed by atoms with Crippen LogP contribution in [-0.2, 0) is 13.0 Å². The van der Waals surface area contributed by atoms with Crippen molar-refractivity contribution in [3.63, 3.8) is 0 Å². The van der Waals surface area contributed by atoms with Crippen molar-refractivity contribution >= 4 is 15.9 Å². The van der Waals surface area contributed by atoms with Crippen molar-refractivity contribution in [2.45, 2.75) is 45.7 Å². The summed E-state index contributed by atoms with van der Waals surface area (Å²) in [6.07, 6.45) is 3.51. The Kier molecular flexibility index (Phi) is 3.16. The summed E-state index contributed by atoms with van der Waals surface area (Å²) in [5, 5.41) is 4.49. The molecule has 1 aliphatic rings. The standard InChI is InChI=1S/C11H18BrN3/c1-3-15-10(11(12)7(2)14-15)6-8-4-5-9(8)13/h8-9H,3-6,13H2,1-2H3. The average molecular weight is 272 g/mol. The lowest BCUT2D eigenvalue weighted by atomic mass is 9.77. The van der Waals surface area contributed by atoms with E-state index in [1.54, 1.807) is 0 Å². The van der Waals surface area contributed by atoms with E-state index in [9.17, 15) is 0 Å². The largest absolute Gasteiger partial charge is 0.327 e. The van der Waals surface area contributed by atoms with Gasteiger partial charge in [-0.15, -0.1) is 0 Å². The van der Waals surface area contributed by atoms with Gasteiger partial charge in [0.25, 0.3) is 0 Å². The first-order valence-corrected chi connectivity index (χ1v) is 6.40. The number of hydrogen-bond acceptors (Lipinski definition) is 2. The molecule has 2 rings (SSSR count). The maximum Gasteiger partial charge on any atom is 0.0738 e. The smallest absolute Gasteiger partial charge is 0.0738 e. The fraction of sp³-hybridized carbons (Fsp3) is 0.727. The second-order valence-corrected chi connectivity index (χ2v) is 5.16. The lowest BCUT2D eigenvalue weighted by Gasteiger charge is -2.33. The zero-order chi connectivity index (χ0) is 11.0. The molecule has 0 radical (unpaired) electrons. The van der Waals surface area contributed by atoms with Crippen LogP contribution in [0.5, 0.6) is 0 Å². The fourth-order valence-corrected chi connectivity index (χ4v) is 2.61. The SMILES string of the molecule is CCn1nc(C)c(Br)c1CC1CCC1N. The molecule has 84 valence electrons. The van der Waals surface area contributed by atoms with E-state index in [-0.39, 0.29) is 0 Å². The third kappa shape index (κ3) is 1.97. The highest BCUT2D eigenvalue weighted by Gasteiger charge is 2.29. The molecule has 0 saturated heterocycles. The molecule has 15 heavy (non-hydrogen) atoms. The molecule has 0 spiro atoms. The van der Waals surface area contributed by atoms with Gasteiger partial charge in [-0.05, 0) is 55.0 Å². The van der Waals surface area contributed by atoms with Crippen LogP contribution in [0.1, 0.15) is 31.2 Å². The van der Waals surface area contributed by atoms with E-state index in [4.69, 9.17) is 5.73 Å². The minimum Gasteiger partial charge on any atom is -0.327 e. The van der Waals surface area contributed by atoms with Crippen molar-refractivity contribution < 1.29 is 0 Å². The number of rotatable bonds is 3. The molecule has 1 aromatic heterocycles. The molecule has 3 nitrogen and oxygen atoms in total. The van der Waals surface area contributed by atoms with E-state index >= 15 is 0 Å². The summed E-state index contributed by atoms with van der Waals surface area (Å²) in [7, 11) is 0. The molecule has 0 bridgehead atoms. The van der Waals surface area contributed by atoms with Crippen LogP contribution >= 0.6 is 15.9 Å². The second-order valence-electron chi connectivity index (χ2n) is 4.37. The van der Waals surface area contributed by atoms with Crippen LogP contribution in [0.15, 0.2) is 4.47 Å². The summed E-state index contributed by atoms with van der Waals surface area (Å²) in [4.78, 5) is 0. The molecule has 0 aromatic carbocycles. The molecule has 2 unspecified atom stereocenters. The molecular weight excluding hydrogens is 254 g/mol. The van der Waals surface area contributed by atoms with Crippen molar-refractivity contribution in [3.8, 4) is 0 Å². The summed E-state index contributed by atoms with van der Waals surface area (Å²) in [6.45, 7) is 5.10. The molecule has 1 aromatic rings. The van der Waals surface area contributed by atoms with E-state index in [1.807, 2.05) is 6.92 Å². The Hall–Kier alpha value is -0.350. The lowest BCUT2D eigenvalue weighted by Crippen LogP contribution is -2.40. The topological polar surface area (TPSA) is 43.8 Å². The van der Waals surface area contributed by atoms with Gasteiger partial charge in [-0.2, -0.15) is 5.10 Å². The van der Waals surface area contributed by atoms with E-state index in [0.29, 0.717) is 12.0 Å². The molecule has 1 saturated carbocycles. The number of aromatic nitrogens is 2. The Balaban J connectivity index is 2.18. The van der Waals surface area contributed by atoms with Gasteiger partial charge in [0, 0.05) is 12.6 Å². The van der Waals surface area contributed by atoms with E-state index < -0.39 is 0 Å². The quantitative estimate of drug-likeness (QED) is 0.917. The van der Waals surface area contributed by atoms with Crippen LogP contribution in [0.4, 0.5) is 0 Å². The van der Waals surface area contributed by atoms with Crippen LogP contribution in [0.2, 0.25) is 0 Å². The fourth-order valence-electron chi connectivity index (χ4n) is 2.16. The highest BCUT2D eigenvalue weighted by Crippen LogP contribution is 2.32. The molecule has 4 heteroatoms. The Morgan fingerprint density at radius 1 is 1.53 bits per heavy atom. The second kappa shape index (κ2) is 4.26. The lowest BCUT2D eigenvalue weighted by molar-refractivity contribution is 0.250. The summed E-state index contributed by atoms with van der Waals surface area (Å²) in [6, 6.07) is 0.400. The molecule has 1 fully saturated rings. The van der Waals surface area contributed by atoms with Crippen molar-refractivity contribution in [3.05, 3.63) is 15.9 Å². The molecule has 2 N–H and O–H groups in total. The van der Waals surface area contributed by atoms with E-state index in [2.05, 4.69) is 32.6 Å². The first-order chi connectivity index (χ1) is 7.13. The van der Waals surface area contributed by atoms with Gasteiger partial charge in [0.05, 0.1) is 15.9 Å². The van der Waals surface area contributed by atoms with Gasteiger partial charge >= 0.3 is 0 Å². The molecule has 2 atom stereocenters. The Morgan fingerprint density at radius 2 is 2.27 bits per heavy atom. The molecule has 1 aliphatic carbocycles. The average Bonchev–Trinajstić information content (AvgIpc) is 2.50. The molecule has 0 aliphatic heterocycles. The molecule has 0 amide bonds. The van der Waals surface area contributed by atoms with Crippen molar-refractivity contribution in [2.24, 2.45) is 11.7 Å². The van der Waals surface area contributed by atoms with Gasteiger partial charge in [-0.1, -0.05) is 0 Å². The Labute approximate surface area is 99.2 Å². The first kappa shape index (κ1) is 11.1. The number of nitrogens with zero attached hydrogens (tertiary/aromatic N) is 2. The summed E-state index contributed by atoms with van der Waals surface area (Å²) in [5.41, 5.74) is 8.37. The van der Waals surface area contributed by atoms with Crippen LogP contribution in [0.25, 0.3) is 0 Å². The van der Waals surface area contributed by atoms with Gasteiger partial charge in [-0.25, -0.2) is 0 Å². The third-order valence-electron chi connectivity index (χ3n) is 3.38. The predicted molar refractivity (Wildman–Crippen MR) is 64.7 cm³/mol. The zero-order valence-corrected chi connectivity index (χ0v) is 10.9. The van der Waals surface area contributed by atoms with Gasteiger partial charge < -0.3 is 5.73 Å². The van der Waals surface area contributed by atoms with Crippen LogP contribution < -0.4 is 5.73 Å². The highest BCUT2D eigenvalue weighted by atomic mass is 79.9. The van der Waals surface area contributed by atoms with Crippen molar-refractivity contribution in [1.82, 2.24) is 9.78 Å². The Bertz CT molecular complexity index is 359.